The van der Waals surface area contributed by atoms with Crippen LogP contribution in [0, 0.1) is 11.8 Å². The predicted octanol–water partition coefficient (Wildman–Crippen LogP) is 3.79. The van der Waals surface area contributed by atoms with Gasteiger partial charge in [0.1, 0.15) is 5.60 Å². The van der Waals surface area contributed by atoms with Crippen LogP contribution in [-0.4, -0.2) is 16.4 Å². The Labute approximate surface area is 109 Å². The molecule has 0 N–H and O–H groups in total. The molecule has 1 aromatic heterocycles. The SMILES string of the molecule is CC(=O)c1sc(Cl)nc1C.CC(C)(C)ON=O. The van der Waals surface area contributed by atoms with Crippen molar-refractivity contribution >= 4 is 28.7 Å². The van der Waals surface area contributed by atoms with E-state index in [4.69, 9.17) is 11.6 Å². The van der Waals surface area contributed by atoms with Crippen molar-refractivity contribution in [1.29, 1.82) is 0 Å². The highest BCUT2D eigenvalue weighted by atomic mass is 35.5. The molecule has 0 spiro atoms. The second-order valence-electron chi connectivity index (χ2n) is 4.22. The minimum atomic E-state index is -0.429. The van der Waals surface area contributed by atoms with Crippen molar-refractivity contribution in [2.45, 2.75) is 40.2 Å². The molecule has 96 valence electrons. The fourth-order valence-corrected chi connectivity index (χ4v) is 1.85. The van der Waals surface area contributed by atoms with Crippen molar-refractivity contribution in [2.24, 2.45) is 5.34 Å². The molecular formula is C10H15ClN2O3S. The van der Waals surface area contributed by atoms with Gasteiger partial charge < -0.3 is 4.84 Å². The van der Waals surface area contributed by atoms with Gasteiger partial charge in [-0.3, -0.25) is 4.79 Å². The van der Waals surface area contributed by atoms with Crippen LogP contribution < -0.4 is 0 Å². The minimum Gasteiger partial charge on any atom is -0.358 e. The molecule has 0 bridgehead atoms. The van der Waals surface area contributed by atoms with Gasteiger partial charge in [-0.1, -0.05) is 22.9 Å². The zero-order valence-electron chi connectivity index (χ0n) is 10.4. The minimum absolute atomic E-state index is 0.0295. The lowest BCUT2D eigenvalue weighted by molar-refractivity contribution is -0.00230. The molecule has 0 aliphatic heterocycles. The third-order valence-corrected chi connectivity index (χ3v) is 2.76. The fourth-order valence-electron chi connectivity index (χ4n) is 0.802. The van der Waals surface area contributed by atoms with Gasteiger partial charge in [0.15, 0.2) is 15.6 Å². The number of ketones is 1. The van der Waals surface area contributed by atoms with Crippen LogP contribution >= 0.6 is 22.9 Å². The highest BCUT2D eigenvalue weighted by Gasteiger charge is 2.10. The van der Waals surface area contributed by atoms with Gasteiger partial charge >= 0.3 is 0 Å². The summed E-state index contributed by atoms with van der Waals surface area (Å²) in [6, 6.07) is 0. The Morgan fingerprint density at radius 3 is 2.12 bits per heavy atom. The van der Waals surface area contributed by atoms with Gasteiger partial charge in [0.2, 0.25) is 0 Å². The molecule has 1 heterocycles. The first-order valence-electron chi connectivity index (χ1n) is 4.82. The topological polar surface area (TPSA) is 68.6 Å². The van der Waals surface area contributed by atoms with Gasteiger partial charge in [-0.15, -0.1) is 4.91 Å². The highest BCUT2D eigenvalue weighted by molar-refractivity contribution is 7.17. The van der Waals surface area contributed by atoms with Crippen LogP contribution in [0.25, 0.3) is 0 Å². The number of carbonyl (C=O) groups excluding carboxylic acids is 1. The van der Waals surface area contributed by atoms with E-state index in [1.807, 2.05) is 0 Å². The molecule has 0 aliphatic rings. The fraction of sp³-hybridized carbons (Fsp3) is 0.600. The van der Waals surface area contributed by atoms with Crippen molar-refractivity contribution in [3.05, 3.63) is 19.9 Å². The standard InChI is InChI=1S/C6H6ClNOS.C4H9NO2/c1-3-5(4(2)9)10-6(7)8-3;1-4(2,3)7-5-6/h1-2H3;1-3H3. The maximum Gasteiger partial charge on any atom is 0.184 e. The number of carbonyl (C=O) groups is 1. The van der Waals surface area contributed by atoms with E-state index in [0.29, 0.717) is 9.34 Å². The van der Waals surface area contributed by atoms with E-state index in [0.717, 1.165) is 5.69 Å². The quantitative estimate of drug-likeness (QED) is 0.469. The Hall–Kier alpha value is -1.01. The largest absolute Gasteiger partial charge is 0.358 e. The molecule has 0 saturated heterocycles. The number of nitrogens with zero attached hydrogens (tertiary/aromatic N) is 2. The van der Waals surface area contributed by atoms with Gasteiger partial charge in [-0.05, 0) is 27.7 Å². The third-order valence-electron chi connectivity index (χ3n) is 1.40. The molecule has 0 amide bonds. The Kier molecular flexibility index (Phi) is 6.26. The summed E-state index contributed by atoms with van der Waals surface area (Å²) in [6.45, 7) is 8.56. The van der Waals surface area contributed by atoms with Gasteiger partial charge in [0.25, 0.3) is 0 Å². The summed E-state index contributed by atoms with van der Waals surface area (Å²) in [5.41, 5.74) is 0.296. The molecule has 0 radical (unpaired) electrons. The van der Waals surface area contributed by atoms with E-state index >= 15 is 0 Å². The van der Waals surface area contributed by atoms with E-state index in [-0.39, 0.29) is 5.78 Å². The second kappa shape index (κ2) is 6.66. The van der Waals surface area contributed by atoms with E-state index < -0.39 is 5.60 Å². The van der Waals surface area contributed by atoms with Crippen molar-refractivity contribution < 1.29 is 9.63 Å². The summed E-state index contributed by atoms with van der Waals surface area (Å²) in [4.78, 5) is 29.0. The lowest BCUT2D eigenvalue weighted by Gasteiger charge is -2.11. The summed E-state index contributed by atoms with van der Waals surface area (Å²) in [5.74, 6) is 0.0295. The van der Waals surface area contributed by atoms with Crippen molar-refractivity contribution in [3.63, 3.8) is 0 Å². The predicted molar refractivity (Wildman–Crippen MR) is 68.5 cm³/mol. The summed E-state index contributed by atoms with van der Waals surface area (Å²) in [5, 5.41) is 2.26. The van der Waals surface area contributed by atoms with Gasteiger partial charge in [-0.2, -0.15) is 0 Å². The molecule has 0 saturated carbocycles. The maximum atomic E-state index is 10.8. The molecule has 17 heavy (non-hydrogen) atoms. The zero-order valence-corrected chi connectivity index (χ0v) is 12.0. The Morgan fingerprint density at radius 2 is 2.00 bits per heavy atom. The van der Waals surface area contributed by atoms with Crippen LogP contribution in [0.3, 0.4) is 0 Å². The average molecular weight is 279 g/mol. The van der Waals surface area contributed by atoms with E-state index in [1.165, 1.54) is 18.3 Å². The van der Waals surface area contributed by atoms with E-state index in [9.17, 15) is 9.70 Å². The Balaban J connectivity index is 0.000000325. The van der Waals surface area contributed by atoms with Crippen LogP contribution in [0.15, 0.2) is 5.34 Å². The first-order chi connectivity index (χ1) is 7.67. The van der Waals surface area contributed by atoms with Gasteiger partial charge in [0.05, 0.1) is 10.6 Å². The van der Waals surface area contributed by atoms with Crippen LogP contribution in [0.1, 0.15) is 43.1 Å². The van der Waals surface area contributed by atoms with Crippen molar-refractivity contribution in [2.75, 3.05) is 0 Å². The summed E-state index contributed by atoms with van der Waals surface area (Å²) in [7, 11) is 0. The van der Waals surface area contributed by atoms with Crippen LogP contribution in [-0.2, 0) is 4.84 Å². The lowest BCUT2D eigenvalue weighted by Crippen LogP contribution is -2.14. The summed E-state index contributed by atoms with van der Waals surface area (Å²) in [6.07, 6.45) is 0. The van der Waals surface area contributed by atoms with Crippen LogP contribution in [0.2, 0.25) is 4.47 Å². The number of aromatic nitrogens is 1. The average Bonchev–Trinajstić information content (AvgIpc) is 2.44. The molecule has 0 unspecified atom stereocenters. The van der Waals surface area contributed by atoms with E-state index in [1.54, 1.807) is 27.7 Å². The molecule has 0 aliphatic carbocycles. The number of rotatable bonds is 2. The smallest absolute Gasteiger partial charge is 0.184 e. The molecule has 5 nitrogen and oxygen atoms in total. The maximum absolute atomic E-state index is 10.8. The monoisotopic (exact) mass is 278 g/mol. The zero-order chi connectivity index (χ0) is 13.6. The first kappa shape index (κ1) is 16.0. The molecule has 0 aromatic carbocycles. The Bertz CT molecular complexity index is 399. The summed E-state index contributed by atoms with van der Waals surface area (Å²) >= 11 is 6.79. The number of aryl methyl sites for hydroxylation is 1. The van der Waals surface area contributed by atoms with Gasteiger partial charge in [-0.25, -0.2) is 4.98 Å². The second-order valence-corrected chi connectivity index (χ2v) is 5.80. The Morgan fingerprint density at radius 1 is 1.47 bits per heavy atom. The summed E-state index contributed by atoms with van der Waals surface area (Å²) < 4.78 is 0.433. The van der Waals surface area contributed by atoms with Crippen molar-refractivity contribution in [3.8, 4) is 0 Å². The number of halogens is 1. The molecule has 1 rings (SSSR count). The normalized spacial score (nSPS) is 10.2. The highest BCUT2D eigenvalue weighted by Crippen LogP contribution is 2.22. The van der Waals surface area contributed by atoms with E-state index in [2.05, 4.69) is 15.2 Å². The lowest BCUT2D eigenvalue weighted by atomic mass is 10.2. The molecular weight excluding hydrogens is 264 g/mol. The first-order valence-corrected chi connectivity index (χ1v) is 6.01. The van der Waals surface area contributed by atoms with Crippen LogP contribution in [0.5, 0.6) is 0 Å². The van der Waals surface area contributed by atoms with Crippen molar-refractivity contribution in [1.82, 2.24) is 4.98 Å². The number of thiazole rings is 1. The number of hydrogen-bond donors (Lipinski definition) is 0. The number of Topliss-reactive ketones (excluding diaryl/α,β-unsaturated/α-hetero) is 1. The molecule has 0 atom stereocenters. The molecule has 7 heteroatoms. The number of hydrogen-bond acceptors (Lipinski definition) is 6. The molecule has 1 aromatic rings. The molecule has 0 fully saturated rings. The van der Waals surface area contributed by atoms with Gasteiger partial charge in [0, 0.05) is 6.92 Å². The van der Waals surface area contributed by atoms with Crippen LogP contribution in [0.4, 0.5) is 0 Å². The third kappa shape index (κ3) is 7.01.